The summed E-state index contributed by atoms with van der Waals surface area (Å²) in [6, 6.07) is -4.06. The van der Waals surface area contributed by atoms with E-state index in [0.717, 1.165) is 0 Å². The highest BCUT2D eigenvalue weighted by atomic mass is 16.6. The van der Waals surface area contributed by atoms with Crippen LogP contribution in [0, 0.1) is 25.5 Å². The summed E-state index contributed by atoms with van der Waals surface area (Å²) in [5.74, 6) is -6.64. The molecule has 2 atom stereocenters. The Morgan fingerprint density at radius 3 is 2.57 bits per heavy atom. The van der Waals surface area contributed by atoms with Gasteiger partial charge in [-0.15, -0.1) is 5.10 Å². The van der Waals surface area contributed by atoms with Gasteiger partial charge in [-0.25, -0.2) is 9.50 Å². The van der Waals surface area contributed by atoms with Crippen molar-refractivity contribution >= 4 is 17.5 Å². The molecular weight excluding hydrogens is 466 g/mol. The van der Waals surface area contributed by atoms with E-state index in [1.165, 1.54) is 0 Å². The lowest BCUT2D eigenvalue weighted by Crippen LogP contribution is -2.52. The number of hydrogen-bond donors (Lipinski definition) is 0. The molecule has 1 saturated carbocycles. The van der Waals surface area contributed by atoms with E-state index in [2.05, 4.69) is 20.1 Å². The third-order valence-corrected chi connectivity index (χ3v) is 6.43. The number of rotatable bonds is 8. The average molecular weight is 527 g/mol. The molecule has 1 unspecified atom stereocenters. The van der Waals surface area contributed by atoms with Crippen LogP contribution in [0.3, 0.4) is 0 Å². The van der Waals surface area contributed by atoms with Gasteiger partial charge in [-0.3, -0.25) is 14.6 Å². The number of ether oxygens (including phenoxy) is 1. The second-order valence-corrected chi connectivity index (χ2v) is 8.80. The Labute approximate surface area is 250 Å². The lowest BCUT2D eigenvalue weighted by atomic mass is 9.73. The second-order valence-electron chi connectivity index (χ2n) is 8.80. The quantitative estimate of drug-likeness (QED) is 0.315. The number of cyclic esters (lactones) is 1. The number of aromatic nitrogens is 5. The van der Waals surface area contributed by atoms with Crippen molar-refractivity contribution in [2.24, 2.45) is 11.8 Å². The first-order chi connectivity index (χ1) is 26.9. The number of esters is 1. The highest BCUT2D eigenvalue weighted by Gasteiger charge is 2.51. The predicted octanol–water partition coefficient (Wildman–Crippen LogP) is 4.50. The molecule has 8 nitrogen and oxygen atoms in total. The maximum Gasteiger partial charge on any atom is 0.317 e. The van der Waals surface area contributed by atoms with E-state index in [0.29, 0.717) is 17.4 Å². The van der Waals surface area contributed by atoms with Crippen LogP contribution in [-0.2, 0) is 39.9 Å². The van der Waals surface area contributed by atoms with Crippen LogP contribution in [0.5, 0.6) is 0 Å². The lowest BCUT2D eigenvalue weighted by Gasteiger charge is -2.43. The van der Waals surface area contributed by atoms with Crippen LogP contribution >= 0.6 is 0 Å². The van der Waals surface area contributed by atoms with Crippen molar-refractivity contribution in [3.63, 3.8) is 0 Å². The summed E-state index contributed by atoms with van der Waals surface area (Å²) in [6.07, 6.45) is -16.2. The molecule has 1 aliphatic heterocycles. The van der Waals surface area contributed by atoms with E-state index in [9.17, 15) is 15.1 Å². The molecule has 3 aromatic heterocycles. The van der Waals surface area contributed by atoms with Gasteiger partial charge in [0.2, 0.25) is 0 Å². The fraction of sp³-hybridized carbons (Fsp3) is 0.586. The number of aryl methyl sites for hydroxylation is 4. The van der Waals surface area contributed by atoms with Crippen LogP contribution in [0.25, 0.3) is 5.78 Å². The summed E-state index contributed by atoms with van der Waals surface area (Å²) in [7, 11) is 0. The maximum atomic E-state index is 14.1. The molecule has 196 valence electrons. The standard InChI is InChI=1S/C29H37N5O3/c1-5-22-14-20(15-23(6-2)31-22)11-12-29(21-9-7-8-10-21)17-25(35)24(27(36)37-29)16-26-32-28-30-18(3)13-19(4)34(28)33-26/h13-15,21,24H,5-12,16-17H2,1-4H3/t24?,29-/m1/s1/i1D3,2D3,3D3,4D3,5D2,6D2,11D2,12D2,13D,14D,15D. The van der Waals surface area contributed by atoms with Crippen LogP contribution in [-0.4, -0.2) is 41.9 Å². The Hall–Kier alpha value is -3.16. The van der Waals surface area contributed by atoms with E-state index in [1.54, 1.807) is 0 Å². The van der Waals surface area contributed by atoms with Crippen LogP contribution in [0.2, 0.25) is 0 Å². The van der Waals surface area contributed by atoms with Crippen molar-refractivity contribution in [2.75, 3.05) is 0 Å². The van der Waals surface area contributed by atoms with Gasteiger partial charge >= 0.3 is 5.97 Å². The molecule has 2 fully saturated rings. The summed E-state index contributed by atoms with van der Waals surface area (Å²) in [6.45, 7) is -13.6. The highest BCUT2D eigenvalue weighted by molar-refractivity contribution is 6.01. The van der Waals surface area contributed by atoms with Gasteiger partial charge in [0.05, 0.1) is 4.11 Å². The van der Waals surface area contributed by atoms with Crippen LogP contribution in [0.1, 0.15) is 118 Å². The number of nitrogens with zero attached hydrogens (tertiary/aromatic N) is 5. The molecule has 0 amide bonds. The van der Waals surface area contributed by atoms with Gasteiger partial charge in [-0.05, 0) is 81.6 Å². The topological polar surface area (TPSA) is 99.3 Å². The smallest absolute Gasteiger partial charge is 0.317 e. The Bertz CT molecular complexity index is 2150. The van der Waals surface area contributed by atoms with E-state index in [4.69, 9.17) is 30.8 Å². The number of fused-ring (bicyclic) bond motifs is 1. The molecule has 0 bridgehead atoms. The first-order valence-electron chi connectivity index (χ1n) is 22.9. The zero-order chi connectivity index (χ0) is 45.9. The number of pyridine rings is 1. The fourth-order valence-corrected chi connectivity index (χ4v) is 4.70. The van der Waals surface area contributed by atoms with Gasteiger partial charge in [-0.2, -0.15) is 4.98 Å². The fourth-order valence-electron chi connectivity index (χ4n) is 4.70. The lowest BCUT2D eigenvalue weighted by molar-refractivity contribution is -0.185. The molecule has 1 aliphatic carbocycles. The molecule has 3 aromatic rings. The largest absolute Gasteiger partial charge is 0.458 e. The van der Waals surface area contributed by atoms with Crippen molar-refractivity contribution in [1.82, 2.24) is 24.6 Å². The zero-order valence-electron chi connectivity index (χ0n) is 42.4. The Morgan fingerprint density at radius 1 is 1.11 bits per heavy atom. The SMILES string of the molecule is [2H]c1c(C([2H])([2H])C([2H])([2H])[2H])nc(C([2H])([2H])C([2H])([2H])[2H])c([2H])c1C([2H])([2H])C([2H])([2H])[C@]1(C2CCCC2)CC(=O)C(Cc2nc3nc(C([2H])([2H])[2H])c([2H])c(C([2H])([2H])[2H])n3n2)C(=O)O1. The third-order valence-electron chi connectivity index (χ3n) is 6.43. The zero-order valence-corrected chi connectivity index (χ0v) is 19.4. The average Bonchev–Trinajstić information content (AvgIpc) is 3.74. The number of carbonyl (C=O) groups is 2. The first-order valence-corrected chi connectivity index (χ1v) is 11.4. The van der Waals surface area contributed by atoms with Crippen molar-refractivity contribution in [2.45, 2.75) is 97.0 Å². The minimum absolute atomic E-state index is 0.0389. The van der Waals surface area contributed by atoms with E-state index in [-0.39, 0.29) is 12.8 Å². The summed E-state index contributed by atoms with van der Waals surface area (Å²) in [5.41, 5.74) is -9.22. The molecule has 2 aliphatic rings. The Balaban J connectivity index is 1.67. The van der Waals surface area contributed by atoms with E-state index >= 15 is 0 Å². The number of carbonyl (C=O) groups excluding carboxylic acids is 2. The monoisotopic (exact) mass is 526 g/mol. The molecule has 0 aromatic carbocycles. The summed E-state index contributed by atoms with van der Waals surface area (Å²) in [5, 5.41) is 3.97. The van der Waals surface area contributed by atoms with E-state index < -0.39 is 153 Å². The molecule has 1 saturated heterocycles. The maximum absolute atomic E-state index is 14.1. The van der Waals surface area contributed by atoms with Gasteiger partial charge < -0.3 is 4.74 Å². The normalized spacial score (nSPS) is 34.7. The van der Waals surface area contributed by atoms with Crippen molar-refractivity contribution < 1.29 is 45.9 Å². The third kappa shape index (κ3) is 5.15. The van der Waals surface area contributed by atoms with Crippen molar-refractivity contribution in [3.8, 4) is 0 Å². The Morgan fingerprint density at radius 2 is 1.89 bits per heavy atom. The molecule has 4 heterocycles. The summed E-state index contributed by atoms with van der Waals surface area (Å²) >= 11 is 0. The minimum atomic E-state index is -3.91. The van der Waals surface area contributed by atoms with Gasteiger partial charge in [0, 0.05) is 63.0 Å². The second kappa shape index (κ2) is 10.3. The van der Waals surface area contributed by atoms with Crippen molar-refractivity contribution in [3.05, 3.63) is 52.3 Å². The van der Waals surface area contributed by atoms with Crippen LogP contribution in [0.4, 0.5) is 0 Å². The summed E-state index contributed by atoms with van der Waals surface area (Å²) < 4.78 is 196. The summed E-state index contributed by atoms with van der Waals surface area (Å²) in [4.78, 5) is 39.4. The Kier molecular flexibility index (Phi) is 2.75. The highest BCUT2D eigenvalue weighted by Crippen LogP contribution is 2.45. The number of hydrogen-bond acceptors (Lipinski definition) is 7. The van der Waals surface area contributed by atoms with Gasteiger partial charge in [0.1, 0.15) is 11.5 Å². The van der Waals surface area contributed by atoms with Crippen LogP contribution in [0.15, 0.2) is 18.1 Å². The van der Waals surface area contributed by atoms with Gasteiger partial charge in [0.15, 0.2) is 11.6 Å². The van der Waals surface area contributed by atoms with Crippen LogP contribution < -0.4 is 0 Å². The molecular formula is C29H37N5O3. The number of ketones is 1. The first kappa shape index (κ1) is 9.86. The molecule has 0 N–H and O–H groups in total. The molecule has 37 heavy (non-hydrogen) atoms. The number of Topliss-reactive ketones (excluding diaryl/α,β-unsaturated/α-hetero) is 1. The van der Waals surface area contributed by atoms with Crippen molar-refractivity contribution in [1.29, 1.82) is 0 Å². The van der Waals surface area contributed by atoms with Gasteiger partial charge in [0.25, 0.3) is 5.78 Å². The predicted molar refractivity (Wildman–Crippen MR) is 139 cm³/mol. The molecule has 8 heteroatoms. The molecule has 0 radical (unpaired) electrons. The van der Waals surface area contributed by atoms with Gasteiger partial charge in [-0.1, -0.05) is 26.5 Å². The minimum Gasteiger partial charge on any atom is -0.458 e. The van der Waals surface area contributed by atoms with E-state index in [1.807, 2.05) is 0 Å². The molecule has 0 spiro atoms. The molecule has 5 rings (SSSR count).